The van der Waals surface area contributed by atoms with E-state index in [1.54, 1.807) is 30.3 Å². The molecule has 1 unspecified atom stereocenters. The van der Waals surface area contributed by atoms with E-state index in [0.29, 0.717) is 10.1 Å². The topological polar surface area (TPSA) is 103 Å². The molecule has 238 valence electrons. The van der Waals surface area contributed by atoms with Gasteiger partial charge in [0.15, 0.2) is 17.6 Å². The number of aliphatic carboxylic acids is 1. The molecule has 0 spiro atoms. The van der Waals surface area contributed by atoms with Gasteiger partial charge < -0.3 is 15.2 Å². The van der Waals surface area contributed by atoms with E-state index in [1.165, 1.54) is 37.4 Å². The molecule has 1 heterocycles. The van der Waals surface area contributed by atoms with E-state index in [0.717, 1.165) is 19.1 Å². The van der Waals surface area contributed by atoms with Gasteiger partial charge in [-0.3, -0.25) is 18.7 Å². The second kappa shape index (κ2) is 13.9. The molecule has 0 saturated heterocycles. The highest BCUT2D eigenvalue weighted by Crippen LogP contribution is 2.38. The standard InChI is InChI=1S/C32H30F5N3O5/c1-19-27(22-13-8-15-25(45-2)28(22)34)30(43)39(18-24(20-10-4-3-5-11-20)38-17-9-16-26(41)42)31(44)40(19)29(32(35,36)37)21-12-6-7-14-23(21)33/h3-8,10-15,24,29,38H,9,16-18H2,1-2H3,(H,41,42)/t24-,29?/m0/s1. The quantitative estimate of drug-likeness (QED) is 0.156. The van der Waals surface area contributed by atoms with E-state index in [1.807, 2.05) is 0 Å². The first-order valence-electron chi connectivity index (χ1n) is 13.9. The van der Waals surface area contributed by atoms with Crippen LogP contribution in [0.3, 0.4) is 0 Å². The third-order valence-electron chi connectivity index (χ3n) is 7.37. The Hall–Kier alpha value is -4.78. The fourth-order valence-corrected chi connectivity index (χ4v) is 5.24. The lowest BCUT2D eigenvalue weighted by atomic mass is 10.0. The first-order valence-corrected chi connectivity index (χ1v) is 13.9. The number of benzene rings is 3. The average molecular weight is 632 g/mol. The Morgan fingerprint density at radius 2 is 1.64 bits per heavy atom. The number of ether oxygens (including phenoxy) is 1. The van der Waals surface area contributed by atoms with Crippen LogP contribution in [0.15, 0.2) is 82.4 Å². The van der Waals surface area contributed by atoms with Crippen molar-refractivity contribution < 1.29 is 36.6 Å². The minimum Gasteiger partial charge on any atom is -0.494 e. The summed E-state index contributed by atoms with van der Waals surface area (Å²) in [5.74, 6) is -3.61. The van der Waals surface area contributed by atoms with Crippen LogP contribution in [-0.4, -0.2) is 40.0 Å². The van der Waals surface area contributed by atoms with E-state index < -0.39 is 76.0 Å². The predicted octanol–water partition coefficient (Wildman–Crippen LogP) is 5.62. The van der Waals surface area contributed by atoms with E-state index >= 15 is 4.39 Å². The SMILES string of the molecule is COc1cccc(-c2c(C)n(C(c3ccccc3F)C(F)(F)F)c(=O)n(C[C@H](NCCCC(=O)O)c3ccccc3)c2=O)c1F. The highest BCUT2D eigenvalue weighted by atomic mass is 19.4. The van der Waals surface area contributed by atoms with Crippen LogP contribution in [0.2, 0.25) is 0 Å². The maximum atomic E-state index is 15.6. The van der Waals surface area contributed by atoms with Gasteiger partial charge in [0.2, 0.25) is 0 Å². The predicted molar refractivity (Wildman–Crippen MR) is 156 cm³/mol. The maximum Gasteiger partial charge on any atom is 0.413 e. The Labute approximate surface area is 254 Å². The van der Waals surface area contributed by atoms with Gasteiger partial charge >= 0.3 is 17.8 Å². The fourth-order valence-electron chi connectivity index (χ4n) is 5.24. The lowest BCUT2D eigenvalue weighted by Crippen LogP contribution is -2.48. The fraction of sp³-hybridized carbons (Fsp3) is 0.281. The van der Waals surface area contributed by atoms with Gasteiger partial charge in [-0.15, -0.1) is 0 Å². The number of nitrogens with zero attached hydrogens (tertiary/aromatic N) is 2. The van der Waals surface area contributed by atoms with E-state index in [2.05, 4.69) is 5.32 Å². The minimum absolute atomic E-state index is 0.123. The molecular formula is C32H30F5N3O5. The summed E-state index contributed by atoms with van der Waals surface area (Å²) in [5.41, 5.74) is -4.31. The maximum absolute atomic E-state index is 15.6. The number of hydrogen-bond acceptors (Lipinski definition) is 5. The number of halogens is 5. The van der Waals surface area contributed by atoms with Crippen molar-refractivity contribution in [3.63, 3.8) is 0 Å². The summed E-state index contributed by atoms with van der Waals surface area (Å²) in [6.07, 6.45) is -5.23. The Kier molecular flexibility index (Phi) is 10.2. The Morgan fingerprint density at radius 3 is 2.27 bits per heavy atom. The van der Waals surface area contributed by atoms with Gasteiger partial charge in [-0.1, -0.05) is 60.7 Å². The zero-order chi connectivity index (χ0) is 32.9. The number of carboxylic acids is 1. The van der Waals surface area contributed by atoms with Gasteiger partial charge in [-0.05, 0) is 37.6 Å². The zero-order valence-electron chi connectivity index (χ0n) is 24.3. The lowest BCUT2D eigenvalue weighted by molar-refractivity contribution is -0.159. The number of methoxy groups -OCH3 is 1. The van der Waals surface area contributed by atoms with Crippen molar-refractivity contribution in [2.45, 2.75) is 44.6 Å². The number of carboxylic acid groups (broad SMARTS) is 1. The van der Waals surface area contributed by atoms with Crippen LogP contribution < -0.4 is 21.3 Å². The van der Waals surface area contributed by atoms with Crippen molar-refractivity contribution in [1.29, 1.82) is 0 Å². The van der Waals surface area contributed by atoms with E-state index in [4.69, 9.17) is 9.84 Å². The van der Waals surface area contributed by atoms with Crippen molar-refractivity contribution in [3.05, 3.63) is 122 Å². The average Bonchev–Trinajstić information content (AvgIpc) is 2.99. The van der Waals surface area contributed by atoms with Crippen molar-refractivity contribution in [2.24, 2.45) is 0 Å². The Balaban J connectivity index is 2.03. The molecule has 4 rings (SSSR count). The van der Waals surface area contributed by atoms with Crippen molar-refractivity contribution >= 4 is 5.97 Å². The number of nitrogens with one attached hydrogen (secondary N) is 1. The molecule has 0 aliphatic rings. The molecule has 0 amide bonds. The van der Waals surface area contributed by atoms with Crippen LogP contribution in [0.25, 0.3) is 11.1 Å². The third-order valence-corrected chi connectivity index (χ3v) is 7.37. The summed E-state index contributed by atoms with van der Waals surface area (Å²) < 4.78 is 80.9. The molecule has 2 atom stereocenters. The molecule has 13 heteroatoms. The number of alkyl halides is 3. The molecule has 0 aliphatic carbocycles. The molecule has 0 saturated carbocycles. The van der Waals surface area contributed by atoms with Gasteiger partial charge in [0, 0.05) is 23.2 Å². The molecule has 0 bridgehead atoms. The number of aromatic nitrogens is 2. The summed E-state index contributed by atoms with van der Waals surface area (Å²) in [6, 6.07) is 12.5. The molecular weight excluding hydrogens is 601 g/mol. The van der Waals surface area contributed by atoms with Gasteiger partial charge in [-0.2, -0.15) is 13.2 Å². The van der Waals surface area contributed by atoms with Gasteiger partial charge in [0.05, 0.1) is 25.3 Å². The summed E-state index contributed by atoms with van der Waals surface area (Å²) in [5, 5.41) is 12.1. The lowest BCUT2D eigenvalue weighted by Gasteiger charge is -2.28. The molecule has 2 N–H and O–H groups in total. The van der Waals surface area contributed by atoms with Crippen LogP contribution in [0, 0.1) is 18.6 Å². The van der Waals surface area contributed by atoms with Crippen molar-refractivity contribution in [2.75, 3.05) is 13.7 Å². The molecule has 1 aromatic heterocycles. The Bertz CT molecular complexity index is 1790. The largest absolute Gasteiger partial charge is 0.494 e. The summed E-state index contributed by atoms with van der Waals surface area (Å²) in [4.78, 5) is 39.1. The van der Waals surface area contributed by atoms with Crippen LogP contribution in [0.5, 0.6) is 5.75 Å². The van der Waals surface area contributed by atoms with E-state index in [-0.39, 0.29) is 29.7 Å². The molecule has 8 nitrogen and oxygen atoms in total. The second-order valence-electron chi connectivity index (χ2n) is 10.2. The highest BCUT2D eigenvalue weighted by Gasteiger charge is 2.46. The first kappa shape index (κ1) is 33.1. The highest BCUT2D eigenvalue weighted by molar-refractivity contribution is 5.68. The van der Waals surface area contributed by atoms with Crippen LogP contribution in [-0.2, 0) is 11.3 Å². The van der Waals surface area contributed by atoms with Gasteiger partial charge in [0.25, 0.3) is 5.56 Å². The van der Waals surface area contributed by atoms with Crippen LogP contribution >= 0.6 is 0 Å². The first-order chi connectivity index (χ1) is 21.4. The van der Waals surface area contributed by atoms with Crippen LogP contribution in [0.4, 0.5) is 22.0 Å². The number of rotatable bonds is 12. The molecule has 0 fully saturated rings. The van der Waals surface area contributed by atoms with Crippen LogP contribution in [0.1, 0.15) is 41.7 Å². The molecule has 0 aliphatic heterocycles. The normalized spacial score (nSPS) is 13.0. The summed E-state index contributed by atoms with van der Waals surface area (Å²) in [7, 11) is 1.17. The molecule has 0 radical (unpaired) electrons. The summed E-state index contributed by atoms with van der Waals surface area (Å²) in [6.45, 7) is 0.674. The number of carbonyl (C=O) groups is 1. The second-order valence-corrected chi connectivity index (χ2v) is 10.2. The third kappa shape index (κ3) is 7.14. The smallest absolute Gasteiger partial charge is 0.413 e. The van der Waals surface area contributed by atoms with Gasteiger partial charge in [-0.25, -0.2) is 13.6 Å². The monoisotopic (exact) mass is 631 g/mol. The van der Waals surface area contributed by atoms with Crippen molar-refractivity contribution in [3.8, 4) is 16.9 Å². The summed E-state index contributed by atoms with van der Waals surface area (Å²) >= 11 is 0. The molecule has 4 aromatic rings. The molecule has 45 heavy (non-hydrogen) atoms. The number of hydrogen-bond donors (Lipinski definition) is 2. The van der Waals surface area contributed by atoms with E-state index in [9.17, 15) is 31.9 Å². The van der Waals surface area contributed by atoms with Crippen molar-refractivity contribution in [1.82, 2.24) is 14.5 Å². The Morgan fingerprint density at radius 1 is 0.978 bits per heavy atom. The minimum atomic E-state index is -5.23. The molecule has 3 aromatic carbocycles. The van der Waals surface area contributed by atoms with Gasteiger partial charge in [0.1, 0.15) is 5.82 Å². The zero-order valence-corrected chi connectivity index (χ0v) is 24.3.